The lowest BCUT2D eigenvalue weighted by Crippen LogP contribution is -2.13. The molecule has 21 heavy (non-hydrogen) atoms. The van der Waals surface area contributed by atoms with E-state index in [4.69, 9.17) is 16.3 Å². The summed E-state index contributed by atoms with van der Waals surface area (Å²) in [4.78, 5) is 0.119. The summed E-state index contributed by atoms with van der Waals surface area (Å²) in [5.74, 6) is 0.656. The van der Waals surface area contributed by atoms with Gasteiger partial charge in [0.15, 0.2) is 0 Å². The number of anilines is 1. The summed E-state index contributed by atoms with van der Waals surface area (Å²) in [6, 6.07) is 11.3. The van der Waals surface area contributed by atoms with Crippen LogP contribution in [0.25, 0.3) is 0 Å². The molecule has 0 atom stereocenters. The molecule has 0 bridgehead atoms. The summed E-state index contributed by atoms with van der Waals surface area (Å²) in [6.07, 6.45) is 0.810. The zero-order chi connectivity index (χ0) is 15.5. The highest BCUT2D eigenvalue weighted by Gasteiger charge is 2.15. The Bertz CT molecular complexity index is 744. The van der Waals surface area contributed by atoms with Gasteiger partial charge in [-0.15, -0.1) is 0 Å². The Labute approximate surface area is 129 Å². The number of benzene rings is 2. The maximum Gasteiger partial charge on any atom is 0.261 e. The van der Waals surface area contributed by atoms with Crippen LogP contribution in [-0.4, -0.2) is 15.5 Å². The molecule has 4 nitrogen and oxygen atoms in total. The number of sulfonamides is 1. The average Bonchev–Trinajstić information content (AvgIpc) is 2.46. The fourth-order valence-electron chi connectivity index (χ4n) is 1.95. The van der Waals surface area contributed by atoms with E-state index in [-0.39, 0.29) is 4.90 Å². The Balaban J connectivity index is 2.33. The van der Waals surface area contributed by atoms with Crippen LogP contribution in [0.4, 0.5) is 5.69 Å². The molecule has 0 aliphatic heterocycles. The minimum Gasteiger partial charge on any atom is -0.496 e. The van der Waals surface area contributed by atoms with Gasteiger partial charge in [0.25, 0.3) is 10.0 Å². The van der Waals surface area contributed by atoms with Gasteiger partial charge in [0, 0.05) is 11.1 Å². The molecule has 0 saturated carbocycles. The fourth-order valence-corrected chi connectivity index (χ4v) is 3.30. The third-order valence-electron chi connectivity index (χ3n) is 3.03. The summed E-state index contributed by atoms with van der Waals surface area (Å²) >= 11 is 5.83. The molecule has 112 valence electrons. The van der Waals surface area contributed by atoms with Crippen molar-refractivity contribution in [3.63, 3.8) is 0 Å². The van der Waals surface area contributed by atoms with Crippen LogP contribution >= 0.6 is 11.6 Å². The Morgan fingerprint density at radius 1 is 1.19 bits per heavy atom. The van der Waals surface area contributed by atoms with Gasteiger partial charge in [-0.2, -0.15) is 0 Å². The molecule has 0 aromatic heterocycles. The lowest BCUT2D eigenvalue weighted by molar-refractivity contribution is 0.410. The molecule has 0 amide bonds. The number of hydrogen-bond donors (Lipinski definition) is 1. The van der Waals surface area contributed by atoms with Gasteiger partial charge in [0.2, 0.25) is 0 Å². The molecular weight excluding hydrogens is 310 g/mol. The van der Waals surface area contributed by atoms with Crippen molar-refractivity contribution in [2.24, 2.45) is 0 Å². The second-order valence-corrected chi connectivity index (χ2v) is 6.56. The Hall–Kier alpha value is -1.72. The van der Waals surface area contributed by atoms with Gasteiger partial charge in [-0.1, -0.05) is 30.7 Å². The van der Waals surface area contributed by atoms with E-state index >= 15 is 0 Å². The predicted molar refractivity (Wildman–Crippen MR) is 84.6 cm³/mol. The zero-order valence-electron chi connectivity index (χ0n) is 11.8. The van der Waals surface area contributed by atoms with E-state index in [9.17, 15) is 8.42 Å². The van der Waals surface area contributed by atoms with Crippen LogP contribution in [0, 0.1) is 0 Å². The Kier molecular flexibility index (Phi) is 4.75. The molecule has 2 aromatic rings. The number of methoxy groups -OCH3 is 1. The first-order valence-electron chi connectivity index (χ1n) is 6.41. The van der Waals surface area contributed by atoms with E-state index in [1.54, 1.807) is 31.4 Å². The lowest BCUT2D eigenvalue weighted by atomic mass is 10.1. The van der Waals surface area contributed by atoms with Gasteiger partial charge < -0.3 is 4.74 Å². The highest BCUT2D eigenvalue weighted by Crippen LogP contribution is 2.26. The molecule has 0 aliphatic carbocycles. The molecule has 6 heteroatoms. The molecule has 0 spiro atoms. The molecule has 1 N–H and O–H groups in total. The second-order valence-electron chi connectivity index (χ2n) is 4.44. The molecule has 0 saturated heterocycles. The van der Waals surface area contributed by atoms with E-state index in [2.05, 4.69) is 4.72 Å². The number of ether oxygens (including phenoxy) is 1. The third-order valence-corrected chi connectivity index (χ3v) is 4.64. The Morgan fingerprint density at radius 2 is 1.95 bits per heavy atom. The summed E-state index contributed by atoms with van der Waals surface area (Å²) in [5, 5.41) is 0.372. The van der Waals surface area contributed by atoms with Crippen molar-refractivity contribution in [1.29, 1.82) is 0 Å². The quantitative estimate of drug-likeness (QED) is 0.911. The van der Waals surface area contributed by atoms with E-state index in [0.717, 1.165) is 12.0 Å². The SMILES string of the molecule is CCc1ccc(NS(=O)(=O)c2cccc(Cl)c2)cc1OC. The first-order chi connectivity index (χ1) is 9.96. The van der Waals surface area contributed by atoms with Crippen LogP contribution in [0.3, 0.4) is 0 Å². The van der Waals surface area contributed by atoms with Gasteiger partial charge in [-0.05, 0) is 36.2 Å². The van der Waals surface area contributed by atoms with Gasteiger partial charge in [0.1, 0.15) is 5.75 Å². The lowest BCUT2D eigenvalue weighted by Gasteiger charge is -2.12. The van der Waals surface area contributed by atoms with Gasteiger partial charge >= 0.3 is 0 Å². The minimum atomic E-state index is -3.67. The topological polar surface area (TPSA) is 55.4 Å². The van der Waals surface area contributed by atoms with Crippen LogP contribution < -0.4 is 9.46 Å². The van der Waals surface area contributed by atoms with E-state index < -0.39 is 10.0 Å². The highest BCUT2D eigenvalue weighted by molar-refractivity contribution is 7.92. The zero-order valence-corrected chi connectivity index (χ0v) is 13.3. The average molecular weight is 326 g/mol. The molecule has 0 aliphatic rings. The van der Waals surface area contributed by atoms with Crippen LogP contribution in [0.1, 0.15) is 12.5 Å². The second kappa shape index (κ2) is 6.37. The highest BCUT2D eigenvalue weighted by atomic mass is 35.5. The fraction of sp³-hybridized carbons (Fsp3) is 0.200. The van der Waals surface area contributed by atoms with E-state index in [1.807, 2.05) is 13.0 Å². The van der Waals surface area contributed by atoms with Gasteiger partial charge in [-0.3, -0.25) is 4.72 Å². The number of hydrogen-bond acceptors (Lipinski definition) is 3. The smallest absolute Gasteiger partial charge is 0.261 e. The van der Waals surface area contributed by atoms with Gasteiger partial charge in [-0.25, -0.2) is 8.42 Å². The van der Waals surface area contributed by atoms with E-state index in [0.29, 0.717) is 16.5 Å². The summed E-state index contributed by atoms with van der Waals surface area (Å²) in [6.45, 7) is 2.01. The molecule has 2 rings (SSSR count). The first kappa shape index (κ1) is 15.7. The molecule has 0 radical (unpaired) electrons. The van der Waals surface area contributed by atoms with Crippen molar-refractivity contribution in [3.8, 4) is 5.75 Å². The van der Waals surface area contributed by atoms with Crippen molar-refractivity contribution in [3.05, 3.63) is 53.1 Å². The third kappa shape index (κ3) is 3.68. The number of rotatable bonds is 5. The predicted octanol–water partition coefficient (Wildman–Crippen LogP) is 3.71. The van der Waals surface area contributed by atoms with E-state index in [1.165, 1.54) is 12.1 Å². The molecule has 0 heterocycles. The molecule has 2 aromatic carbocycles. The first-order valence-corrected chi connectivity index (χ1v) is 8.27. The molecule has 0 unspecified atom stereocenters. The van der Waals surface area contributed by atoms with Crippen LogP contribution in [0.15, 0.2) is 47.4 Å². The van der Waals surface area contributed by atoms with Crippen LogP contribution in [-0.2, 0) is 16.4 Å². The molecular formula is C15H16ClNO3S. The van der Waals surface area contributed by atoms with Crippen molar-refractivity contribution in [2.75, 3.05) is 11.8 Å². The van der Waals surface area contributed by atoms with Crippen molar-refractivity contribution in [1.82, 2.24) is 0 Å². The summed E-state index contributed by atoms with van der Waals surface area (Å²) in [5.41, 5.74) is 1.47. The largest absolute Gasteiger partial charge is 0.496 e. The minimum absolute atomic E-state index is 0.119. The summed E-state index contributed by atoms with van der Waals surface area (Å²) in [7, 11) is -2.11. The monoisotopic (exact) mass is 325 g/mol. The normalized spacial score (nSPS) is 11.2. The summed E-state index contributed by atoms with van der Waals surface area (Å²) < 4.78 is 32.4. The Morgan fingerprint density at radius 3 is 2.57 bits per heavy atom. The maximum absolute atomic E-state index is 12.3. The van der Waals surface area contributed by atoms with Crippen LogP contribution in [0.2, 0.25) is 5.02 Å². The van der Waals surface area contributed by atoms with Crippen LogP contribution in [0.5, 0.6) is 5.75 Å². The van der Waals surface area contributed by atoms with Crippen molar-refractivity contribution in [2.45, 2.75) is 18.2 Å². The number of nitrogens with one attached hydrogen (secondary N) is 1. The number of halogens is 1. The standard InChI is InChI=1S/C15H16ClNO3S/c1-3-11-7-8-13(10-15(11)20-2)17-21(18,19)14-6-4-5-12(16)9-14/h4-10,17H,3H2,1-2H3. The van der Waals surface area contributed by atoms with Crippen molar-refractivity contribution >= 4 is 27.3 Å². The molecule has 0 fully saturated rings. The maximum atomic E-state index is 12.3. The van der Waals surface area contributed by atoms with Crippen molar-refractivity contribution < 1.29 is 13.2 Å². The number of aryl methyl sites for hydroxylation is 1. The van der Waals surface area contributed by atoms with Gasteiger partial charge in [0.05, 0.1) is 17.7 Å².